The topological polar surface area (TPSA) is 199 Å². The summed E-state index contributed by atoms with van der Waals surface area (Å²) >= 11 is 0. The molecule has 4 rings (SSSR count). The van der Waals surface area contributed by atoms with Gasteiger partial charge in [-0.2, -0.15) is 0 Å². The molecule has 4 aliphatic rings. The summed E-state index contributed by atoms with van der Waals surface area (Å²) in [6.07, 6.45) is 2.28. The summed E-state index contributed by atoms with van der Waals surface area (Å²) in [5, 5.41) is 0. The maximum atomic E-state index is 12.0. The average Bonchev–Trinajstić information content (AvgIpc) is 3.23. The van der Waals surface area contributed by atoms with Gasteiger partial charge in [0.2, 0.25) is 31.2 Å². The van der Waals surface area contributed by atoms with E-state index in [1.165, 1.54) is 0 Å². The third kappa shape index (κ3) is 11.1. The third-order valence-electron chi connectivity index (χ3n) is 13.4. The van der Waals surface area contributed by atoms with Crippen molar-refractivity contribution >= 4 is 31.2 Å². The number of hydrogen-bond donors (Lipinski definition) is 0. The van der Waals surface area contributed by atoms with Crippen molar-refractivity contribution in [2.45, 2.75) is 131 Å². The first-order chi connectivity index (χ1) is 20.4. The van der Waals surface area contributed by atoms with Gasteiger partial charge in [-0.25, -0.2) is 25.3 Å². The first-order valence-electron chi connectivity index (χ1n) is 16.3. The molecule has 0 saturated heterocycles. The van der Waals surface area contributed by atoms with Crippen LogP contribution < -0.4 is 88.7 Å². The first-order valence-corrected chi connectivity index (χ1v) is 20.3. The van der Waals surface area contributed by atoms with Crippen LogP contribution in [-0.4, -0.2) is 57.2 Å². The van der Waals surface area contributed by atoms with Crippen LogP contribution in [0.1, 0.15) is 113 Å². The van der Waals surface area contributed by atoms with E-state index in [0.717, 1.165) is 44.9 Å². The Balaban J connectivity index is 0.00000384. The van der Waals surface area contributed by atoms with Crippen molar-refractivity contribution in [3.8, 4) is 0 Å². The molecule has 48 heavy (non-hydrogen) atoms. The summed E-state index contributed by atoms with van der Waals surface area (Å²) in [5.74, 6) is 0.821. The third-order valence-corrected chi connectivity index (χ3v) is 14.9. The van der Waals surface area contributed by atoms with Gasteiger partial charge in [0.15, 0.2) is 0 Å². The zero-order valence-corrected chi connectivity index (χ0v) is 38.9. The van der Waals surface area contributed by atoms with Crippen LogP contribution in [0.2, 0.25) is 0 Å². The molecule has 0 bridgehead atoms. The van der Waals surface area contributed by atoms with Gasteiger partial charge in [-0.1, -0.05) is 61.3 Å². The molecule has 0 aromatic heterocycles. The van der Waals surface area contributed by atoms with Gasteiger partial charge in [-0.3, -0.25) is 12.5 Å². The Bertz CT molecular complexity index is 1410. The summed E-state index contributed by atoms with van der Waals surface area (Å²) < 4.78 is 120. The molecule has 0 aromatic rings. The number of hydrogen-bond acceptors (Lipinski definition) is 12. The van der Waals surface area contributed by atoms with Crippen molar-refractivity contribution in [3.05, 3.63) is 0 Å². The van der Waals surface area contributed by atoms with Gasteiger partial charge in [-0.15, -0.1) is 0 Å². The summed E-state index contributed by atoms with van der Waals surface area (Å²) in [4.78, 5) is 0. The Labute approximate surface area is 355 Å². The van der Waals surface area contributed by atoms with Crippen molar-refractivity contribution in [2.75, 3.05) is 0 Å². The molecule has 0 aliphatic heterocycles. The molecule has 4 saturated carbocycles. The first kappa shape index (κ1) is 48.6. The van der Waals surface area contributed by atoms with Gasteiger partial charge in [0.1, 0.15) is 12.2 Å². The fraction of sp³-hybridized carbons (Fsp3) is 1.00. The van der Waals surface area contributed by atoms with Gasteiger partial charge in [0.25, 0.3) is 0 Å². The molecule has 0 radical (unpaired) electrons. The molecule has 0 amide bonds. The van der Waals surface area contributed by atoms with Crippen LogP contribution in [0, 0.1) is 57.7 Å². The smallest absolute Gasteiger partial charge is 0.726 e. The number of fused-ring (bicyclic) bond motifs is 5. The van der Waals surface area contributed by atoms with Crippen LogP contribution in [0.5, 0.6) is 0 Å². The van der Waals surface area contributed by atoms with Crippen LogP contribution in [0.15, 0.2) is 0 Å². The Hall–Kier alpha value is 2.61. The van der Waals surface area contributed by atoms with Crippen molar-refractivity contribution in [3.63, 3.8) is 0 Å². The maximum absolute atomic E-state index is 12.0. The van der Waals surface area contributed by atoms with Crippen molar-refractivity contribution in [2.24, 2.45) is 57.7 Å². The van der Waals surface area contributed by atoms with E-state index < -0.39 is 60.8 Å². The normalized spacial score (nSPS) is 38.1. The van der Waals surface area contributed by atoms with Crippen LogP contribution in [0.3, 0.4) is 0 Å². The minimum atomic E-state index is -5.35. The van der Waals surface area contributed by atoms with Gasteiger partial charge in [0.05, 0.1) is 6.10 Å². The van der Waals surface area contributed by atoms with E-state index >= 15 is 0 Å². The monoisotopic (exact) mass is 768 g/mol. The minimum Gasteiger partial charge on any atom is -0.726 e. The van der Waals surface area contributed by atoms with Crippen molar-refractivity contribution in [1.29, 1.82) is 0 Å². The van der Waals surface area contributed by atoms with Crippen LogP contribution in [0.4, 0.5) is 0 Å². The minimum absolute atomic E-state index is 0. The molecule has 18 heteroatoms. The van der Waals surface area contributed by atoms with Gasteiger partial charge < -0.3 is 13.7 Å². The second kappa shape index (κ2) is 17.6. The SMILES string of the molecule is CCC(C)(C)C(C)CC[C@@H](C)[C@H]1CC[C@H]2[C@@H]3C[C@H](OS(=O)(=O)[O-])[C@H]4C[C@H](OS(=O)(=O)[O-])[C@@H](OS(=O)(=O)[O-])C[C@]4(C)[C@H]3CC[C@]12C.[Na+].[Na+].[Na+]. The van der Waals surface area contributed by atoms with Crippen molar-refractivity contribution < 1.29 is 140 Å². The molecule has 0 aromatic carbocycles. The van der Waals surface area contributed by atoms with E-state index in [4.69, 9.17) is 8.37 Å². The van der Waals surface area contributed by atoms with Gasteiger partial charge >= 0.3 is 88.7 Å². The second-order valence-electron chi connectivity index (χ2n) is 15.8. The molecule has 12 nitrogen and oxygen atoms in total. The molecular weight excluding hydrogens is 717 g/mol. The van der Waals surface area contributed by atoms with Crippen LogP contribution in [-0.2, 0) is 43.7 Å². The summed E-state index contributed by atoms with van der Waals surface area (Å²) in [6.45, 7) is 15.7. The van der Waals surface area contributed by atoms with E-state index in [2.05, 4.69) is 45.7 Å². The zero-order chi connectivity index (χ0) is 34.0. The maximum Gasteiger partial charge on any atom is 1.00 e. The predicted molar refractivity (Wildman–Crippen MR) is 161 cm³/mol. The number of rotatable bonds is 12. The standard InChI is InChI=1S/C30H54O12S3.3Na/c1-8-28(4,5)19(3)10-9-18(2)21-11-12-22-20-15-25(40-43(31,32)33)24-16-26(41-44(34,35)36)27(42-45(37,38)39)17-30(24,7)23(20)13-14-29(21,22)6;;;/h18-27H,8-17H2,1-7H3,(H,31,32,33)(H,34,35,36)(H,37,38,39);;;/q;3*+1/p-3/t18-,19?,20+,21-,22+,23+,24-,25+,26+,27+,29-,30-;;;/m1.../s1. The fourth-order valence-corrected chi connectivity index (χ4v) is 12.0. The van der Waals surface area contributed by atoms with Gasteiger partial charge in [-0.05, 0) is 109 Å². The Morgan fingerprint density at radius 2 is 1.21 bits per heavy atom. The van der Waals surface area contributed by atoms with E-state index in [-0.39, 0.29) is 137 Å². The van der Waals surface area contributed by atoms with Crippen LogP contribution in [0.25, 0.3) is 0 Å². The molecular formula is C30H51Na3O12S3. The largest absolute Gasteiger partial charge is 1.00 e. The van der Waals surface area contributed by atoms with Gasteiger partial charge in [0, 0.05) is 0 Å². The molecule has 0 spiro atoms. The summed E-state index contributed by atoms with van der Waals surface area (Å²) in [7, 11) is -15.8. The van der Waals surface area contributed by atoms with Crippen molar-refractivity contribution in [1.82, 2.24) is 0 Å². The molecule has 0 heterocycles. The Kier molecular flexibility index (Phi) is 17.8. The fourth-order valence-electron chi connectivity index (χ4n) is 10.4. The van der Waals surface area contributed by atoms with E-state index in [0.29, 0.717) is 17.8 Å². The molecule has 12 atom stereocenters. The predicted octanol–water partition coefficient (Wildman–Crippen LogP) is -4.10. The summed E-state index contributed by atoms with van der Waals surface area (Å²) in [5.41, 5.74) is -0.661. The van der Waals surface area contributed by atoms with E-state index in [1.54, 1.807) is 0 Å². The molecule has 0 N–H and O–H groups in total. The zero-order valence-electron chi connectivity index (χ0n) is 30.5. The molecule has 4 fully saturated rings. The second-order valence-corrected chi connectivity index (χ2v) is 18.8. The molecule has 1 unspecified atom stereocenters. The molecule has 4 aliphatic carbocycles. The Morgan fingerprint density at radius 1 is 0.708 bits per heavy atom. The Morgan fingerprint density at radius 3 is 1.73 bits per heavy atom. The van der Waals surface area contributed by atoms with E-state index in [9.17, 15) is 38.9 Å². The summed E-state index contributed by atoms with van der Waals surface area (Å²) in [6, 6.07) is 0. The van der Waals surface area contributed by atoms with E-state index in [1.807, 2.05) is 6.92 Å². The van der Waals surface area contributed by atoms with Crippen LogP contribution >= 0.6 is 0 Å². The quantitative estimate of drug-likeness (QED) is 0.106. The molecule has 264 valence electrons. The average molecular weight is 769 g/mol.